The second kappa shape index (κ2) is 7.79. The molecule has 0 saturated carbocycles. The van der Waals surface area contributed by atoms with Crippen LogP contribution in [0.1, 0.15) is 18.4 Å². The lowest BCUT2D eigenvalue weighted by atomic mass is 10.2. The van der Waals surface area contributed by atoms with Gasteiger partial charge in [0.05, 0.1) is 0 Å². The van der Waals surface area contributed by atoms with Gasteiger partial charge in [0.2, 0.25) is 0 Å². The molecule has 2 aromatic carbocycles. The summed E-state index contributed by atoms with van der Waals surface area (Å²) in [6.45, 7) is 1.80. The van der Waals surface area contributed by atoms with Gasteiger partial charge in [0.15, 0.2) is 0 Å². The summed E-state index contributed by atoms with van der Waals surface area (Å²) >= 11 is 0. The number of carbonyl (C=O) groups is 1. The molecule has 0 bridgehead atoms. The molecule has 2 aromatic rings. The first-order valence-corrected chi connectivity index (χ1v) is 8.00. The van der Waals surface area contributed by atoms with Gasteiger partial charge in [0, 0.05) is 12.5 Å². The molecule has 23 heavy (non-hydrogen) atoms. The molecule has 1 heterocycles. The molecule has 4 nitrogen and oxygen atoms in total. The third-order valence-corrected chi connectivity index (χ3v) is 3.92. The zero-order valence-electron chi connectivity index (χ0n) is 13.0. The highest BCUT2D eigenvalue weighted by Crippen LogP contribution is 2.24. The quantitative estimate of drug-likeness (QED) is 0.797. The second-order valence-electron chi connectivity index (χ2n) is 5.69. The van der Waals surface area contributed by atoms with E-state index in [4.69, 9.17) is 9.47 Å². The van der Waals surface area contributed by atoms with Crippen molar-refractivity contribution < 1.29 is 14.3 Å². The highest BCUT2D eigenvalue weighted by Gasteiger charge is 2.14. The predicted molar refractivity (Wildman–Crippen MR) is 89.2 cm³/mol. The van der Waals surface area contributed by atoms with Crippen LogP contribution in [0.3, 0.4) is 0 Å². The molecule has 1 atom stereocenters. The Balaban J connectivity index is 1.53. The molecule has 1 N–H and O–H groups in total. The first kappa shape index (κ1) is 15.6. The van der Waals surface area contributed by atoms with E-state index in [1.165, 1.54) is 12.8 Å². The molecular formula is C19H21NO3. The summed E-state index contributed by atoms with van der Waals surface area (Å²) < 4.78 is 11.6. The van der Waals surface area contributed by atoms with Crippen molar-refractivity contribution in [1.82, 2.24) is 5.32 Å². The summed E-state index contributed by atoms with van der Waals surface area (Å²) in [4.78, 5) is 10.5. The molecule has 120 valence electrons. The number of carbonyl (C=O) groups excluding carboxylic acids is 1. The number of benzene rings is 2. The molecule has 0 radical (unpaired) electrons. The van der Waals surface area contributed by atoms with Gasteiger partial charge in [-0.15, -0.1) is 0 Å². The van der Waals surface area contributed by atoms with E-state index in [1.807, 2.05) is 48.5 Å². The van der Waals surface area contributed by atoms with Crippen molar-refractivity contribution in [2.45, 2.75) is 25.3 Å². The number of aldehydes is 1. The van der Waals surface area contributed by atoms with Crippen LogP contribution in [0, 0.1) is 0 Å². The Morgan fingerprint density at radius 3 is 2.26 bits per heavy atom. The zero-order valence-corrected chi connectivity index (χ0v) is 13.0. The van der Waals surface area contributed by atoms with E-state index in [-0.39, 0.29) is 0 Å². The van der Waals surface area contributed by atoms with Crippen molar-refractivity contribution in [3.63, 3.8) is 0 Å². The Labute approximate surface area is 136 Å². The van der Waals surface area contributed by atoms with Gasteiger partial charge in [-0.2, -0.15) is 0 Å². The van der Waals surface area contributed by atoms with Crippen LogP contribution in [-0.4, -0.2) is 25.5 Å². The van der Waals surface area contributed by atoms with Crippen molar-refractivity contribution in [3.05, 3.63) is 54.1 Å². The lowest BCUT2D eigenvalue weighted by Crippen LogP contribution is -2.28. The Morgan fingerprint density at radius 1 is 1.00 bits per heavy atom. The summed E-state index contributed by atoms with van der Waals surface area (Å²) in [5.74, 6) is 2.37. The van der Waals surface area contributed by atoms with E-state index < -0.39 is 0 Å². The van der Waals surface area contributed by atoms with Crippen molar-refractivity contribution in [2.24, 2.45) is 0 Å². The van der Waals surface area contributed by atoms with Crippen molar-refractivity contribution in [2.75, 3.05) is 13.2 Å². The highest BCUT2D eigenvalue weighted by atomic mass is 16.5. The number of hydrogen-bond acceptors (Lipinski definition) is 4. The Hall–Kier alpha value is -2.33. The fourth-order valence-corrected chi connectivity index (χ4v) is 2.63. The van der Waals surface area contributed by atoms with Crippen LogP contribution in [0.5, 0.6) is 17.2 Å². The molecule has 1 saturated heterocycles. The molecule has 1 aliphatic rings. The first-order valence-electron chi connectivity index (χ1n) is 8.00. The molecule has 3 rings (SSSR count). The smallest absolute Gasteiger partial charge is 0.127 e. The Morgan fingerprint density at radius 2 is 1.65 bits per heavy atom. The average Bonchev–Trinajstić information content (AvgIpc) is 3.10. The van der Waals surface area contributed by atoms with Crippen LogP contribution in [-0.2, 0) is 11.2 Å². The van der Waals surface area contributed by atoms with E-state index in [0.717, 1.165) is 35.6 Å². The minimum Gasteiger partial charge on any atom is -0.492 e. The van der Waals surface area contributed by atoms with Gasteiger partial charge in [-0.25, -0.2) is 0 Å². The van der Waals surface area contributed by atoms with Crippen LogP contribution in [0.2, 0.25) is 0 Å². The lowest BCUT2D eigenvalue weighted by Gasteiger charge is -2.12. The standard InChI is InChI=1S/C19H21NO3/c21-13-11-15-3-5-18(6-4-15)23-19-9-7-17(8-10-19)22-14-16-2-1-12-20-16/h3-10,13,16,20H,1-2,11-12,14H2/t16-/m1/s1. The topological polar surface area (TPSA) is 47.6 Å². The van der Waals surface area contributed by atoms with E-state index in [2.05, 4.69) is 5.32 Å². The summed E-state index contributed by atoms with van der Waals surface area (Å²) in [6.07, 6.45) is 3.74. The molecule has 1 aliphatic heterocycles. The Kier molecular flexibility index (Phi) is 5.27. The highest BCUT2D eigenvalue weighted by molar-refractivity contribution is 5.55. The summed E-state index contributed by atoms with van der Waals surface area (Å²) in [7, 11) is 0. The maximum Gasteiger partial charge on any atom is 0.127 e. The fraction of sp³-hybridized carbons (Fsp3) is 0.316. The van der Waals surface area contributed by atoms with Gasteiger partial charge in [-0.3, -0.25) is 0 Å². The molecule has 0 spiro atoms. The number of rotatable bonds is 7. The van der Waals surface area contributed by atoms with Crippen LogP contribution in [0.25, 0.3) is 0 Å². The van der Waals surface area contributed by atoms with E-state index in [9.17, 15) is 4.79 Å². The minimum absolute atomic E-state index is 0.433. The van der Waals surface area contributed by atoms with Crippen molar-refractivity contribution >= 4 is 6.29 Å². The molecule has 0 aliphatic carbocycles. The van der Waals surface area contributed by atoms with E-state index in [0.29, 0.717) is 19.1 Å². The van der Waals surface area contributed by atoms with Crippen LogP contribution < -0.4 is 14.8 Å². The van der Waals surface area contributed by atoms with Gasteiger partial charge >= 0.3 is 0 Å². The van der Waals surface area contributed by atoms with Crippen molar-refractivity contribution in [1.29, 1.82) is 0 Å². The third kappa shape index (κ3) is 4.57. The first-order chi connectivity index (χ1) is 11.3. The van der Waals surface area contributed by atoms with Crippen LogP contribution in [0.15, 0.2) is 48.5 Å². The Bertz CT molecular complexity index is 616. The number of nitrogens with one attached hydrogen (secondary N) is 1. The zero-order chi connectivity index (χ0) is 15.9. The fourth-order valence-electron chi connectivity index (χ4n) is 2.63. The summed E-state index contributed by atoms with van der Waals surface area (Å²) in [6, 6.07) is 15.6. The minimum atomic E-state index is 0.433. The molecule has 4 heteroatoms. The largest absolute Gasteiger partial charge is 0.492 e. The number of hydrogen-bond donors (Lipinski definition) is 1. The lowest BCUT2D eigenvalue weighted by molar-refractivity contribution is -0.107. The van der Waals surface area contributed by atoms with Gasteiger partial charge in [-0.05, 0) is 61.3 Å². The van der Waals surface area contributed by atoms with Crippen LogP contribution in [0.4, 0.5) is 0 Å². The van der Waals surface area contributed by atoms with Gasteiger partial charge in [0.25, 0.3) is 0 Å². The van der Waals surface area contributed by atoms with Gasteiger partial charge in [-0.1, -0.05) is 12.1 Å². The average molecular weight is 311 g/mol. The summed E-state index contributed by atoms with van der Waals surface area (Å²) in [5.41, 5.74) is 0.983. The second-order valence-corrected chi connectivity index (χ2v) is 5.69. The maximum absolute atomic E-state index is 10.5. The summed E-state index contributed by atoms with van der Waals surface area (Å²) in [5, 5.41) is 3.41. The van der Waals surface area contributed by atoms with E-state index in [1.54, 1.807) is 0 Å². The normalized spacial score (nSPS) is 17.0. The van der Waals surface area contributed by atoms with Gasteiger partial charge < -0.3 is 19.6 Å². The molecule has 0 amide bonds. The van der Waals surface area contributed by atoms with E-state index >= 15 is 0 Å². The molecule has 1 fully saturated rings. The van der Waals surface area contributed by atoms with Gasteiger partial charge in [0.1, 0.15) is 30.1 Å². The monoisotopic (exact) mass is 311 g/mol. The maximum atomic E-state index is 10.5. The van der Waals surface area contributed by atoms with Crippen LogP contribution >= 0.6 is 0 Å². The number of ether oxygens (including phenoxy) is 2. The predicted octanol–water partition coefficient (Wildman–Crippen LogP) is 3.35. The molecule has 0 aromatic heterocycles. The molecular weight excluding hydrogens is 290 g/mol. The third-order valence-electron chi connectivity index (χ3n) is 3.92. The molecule has 0 unspecified atom stereocenters. The van der Waals surface area contributed by atoms with Crippen molar-refractivity contribution in [3.8, 4) is 17.2 Å². The SMILES string of the molecule is O=CCc1ccc(Oc2ccc(OC[C@H]3CCCN3)cc2)cc1.